The van der Waals surface area contributed by atoms with Crippen molar-refractivity contribution in [1.82, 2.24) is 5.32 Å². The van der Waals surface area contributed by atoms with Crippen LogP contribution >= 0.6 is 0 Å². The van der Waals surface area contributed by atoms with Gasteiger partial charge in [-0.1, -0.05) is 85.0 Å². The van der Waals surface area contributed by atoms with Gasteiger partial charge in [-0.05, 0) is 32.9 Å². The number of rotatable bonds is 15. The third-order valence-corrected chi connectivity index (χ3v) is 3.84. The molecule has 0 aliphatic heterocycles. The van der Waals surface area contributed by atoms with Crippen LogP contribution in [0.5, 0.6) is 0 Å². The number of ketones is 1. The number of carbonyl (C=O) groups is 1. The lowest BCUT2D eigenvalue weighted by Crippen LogP contribution is -2.13. The van der Waals surface area contributed by atoms with Crippen molar-refractivity contribution in [1.29, 1.82) is 0 Å². The van der Waals surface area contributed by atoms with E-state index in [1.165, 1.54) is 77.2 Å². The molecule has 0 heterocycles. The van der Waals surface area contributed by atoms with Gasteiger partial charge in [0, 0.05) is 7.85 Å². The summed E-state index contributed by atoms with van der Waals surface area (Å²) in [6.45, 7) is 10.6. The van der Waals surface area contributed by atoms with Crippen molar-refractivity contribution >= 4 is 5.78 Å². The van der Waals surface area contributed by atoms with E-state index in [2.05, 4.69) is 26.1 Å². The van der Waals surface area contributed by atoms with E-state index in [4.69, 9.17) is 0 Å². The molecule has 0 spiro atoms. The molecule has 2 heteroatoms. The Kier molecular flexibility index (Phi) is 24.9. The molecule has 0 aliphatic carbocycles. The standard InChI is InChI=1S/C10H23N.C10H20O.H2/c1-3-5-6-7-8-9-10-11-4-2;1-3-4-5-6-7-8-9-10(2)11;/h11H,3-10H2,1-2H3;3-9H2,1-2H3;1H. The highest BCUT2D eigenvalue weighted by Crippen LogP contribution is 2.06. The van der Waals surface area contributed by atoms with E-state index >= 15 is 0 Å². The van der Waals surface area contributed by atoms with Crippen LogP contribution in [0.25, 0.3) is 0 Å². The second-order valence-electron chi connectivity index (χ2n) is 6.34. The molecule has 2 nitrogen and oxygen atoms in total. The van der Waals surface area contributed by atoms with Gasteiger partial charge in [0.25, 0.3) is 0 Å². The van der Waals surface area contributed by atoms with Gasteiger partial charge in [-0.15, -0.1) is 0 Å². The van der Waals surface area contributed by atoms with Crippen molar-refractivity contribution < 1.29 is 6.22 Å². The van der Waals surface area contributed by atoms with Crippen molar-refractivity contribution in [2.45, 2.75) is 111 Å². The Labute approximate surface area is 142 Å². The Hall–Kier alpha value is -0.370. The molecule has 0 bridgehead atoms. The average Bonchev–Trinajstić information content (AvgIpc) is 2.50. The molecular formula is C20H45NO. The zero-order chi connectivity index (χ0) is 16.9. The van der Waals surface area contributed by atoms with Crippen molar-refractivity contribution in [3.63, 3.8) is 0 Å². The monoisotopic (exact) mass is 315 g/mol. The van der Waals surface area contributed by atoms with Crippen molar-refractivity contribution in [2.24, 2.45) is 0 Å². The quantitative estimate of drug-likeness (QED) is 0.348. The van der Waals surface area contributed by atoms with Gasteiger partial charge in [0.05, 0.1) is 0 Å². The Bertz CT molecular complexity index is 202. The highest BCUT2D eigenvalue weighted by atomic mass is 16.1. The highest BCUT2D eigenvalue weighted by molar-refractivity contribution is 5.75. The van der Waals surface area contributed by atoms with Crippen LogP contribution in [0.3, 0.4) is 0 Å². The van der Waals surface area contributed by atoms with Crippen molar-refractivity contribution in [3.8, 4) is 0 Å². The molecule has 0 amide bonds. The molecule has 0 fully saturated rings. The van der Waals surface area contributed by atoms with Gasteiger partial charge in [0.1, 0.15) is 5.78 Å². The molecule has 0 saturated carbocycles. The fourth-order valence-corrected chi connectivity index (χ4v) is 2.36. The van der Waals surface area contributed by atoms with Gasteiger partial charge in [0.15, 0.2) is 0 Å². The first-order chi connectivity index (χ1) is 10.7. The van der Waals surface area contributed by atoms with Gasteiger partial charge < -0.3 is 10.1 Å². The van der Waals surface area contributed by atoms with Crippen LogP contribution in [0.2, 0.25) is 0 Å². The molecule has 0 aliphatic rings. The normalized spacial score (nSPS) is 10.2. The zero-order valence-corrected chi connectivity index (χ0v) is 16.0. The minimum absolute atomic E-state index is 0. The highest BCUT2D eigenvalue weighted by Gasteiger charge is 1.93. The topological polar surface area (TPSA) is 29.1 Å². The fraction of sp³-hybridized carbons (Fsp3) is 0.950. The molecule has 1 N–H and O–H groups in total. The van der Waals surface area contributed by atoms with Crippen molar-refractivity contribution in [3.05, 3.63) is 0 Å². The molecule has 0 atom stereocenters. The second-order valence-corrected chi connectivity index (χ2v) is 6.34. The third kappa shape index (κ3) is 27.9. The molecule has 0 aromatic heterocycles. The zero-order valence-electron chi connectivity index (χ0n) is 16.0. The Morgan fingerprint density at radius 3 is 1.64 bits per heavy atom. The fourth-order valence-electron chi connectivity index (χ4n) is 2.36. The minimum Gasteiger partial charge on any atom is -0.317 e. The maximum atomic E-state index is 10.5. The van der Waals surface area contributed by atoms with E-state index in [0.717, 1.165) is 19.4 Å². The SMILES string of the molecule is CCCCCCCCC(C)=O.CCCCCCCCNCC.[HH]. The first-order valence-electron chi connectivity index (χ1n) is 9.89. The van der Waals surface area contributed by atoms with Crippen LogP contribution in [0.1, 0.15) is 113 Å². The first-order valence-corrected chi connectivity index (χ1v) is 9.89. The third-order valence-electron chi connectivity index (χ3n) is 3.84. The molecule has 0 radical (unpaired) electrons. The minimum atomic E-state index is 0. The summed E-state index contributed by atoms with van der Waals surface area (Å²) < 4.78 is 0. The van der Waals surface area contributed by atoms with E-state index in [9.17, 15) is 4.79 Å². The molecule has 136 valence electrons. The summed E-state index contributed by atoms with van der Waals surface area (Å²) in [5.41, 5.74) is 0. The van der Waals surface area contributed by atoms with Crippen molar-refractivity contribution in [2.75, 3.05) is 13.1 Å². The van der Waals surface area contributed by atoms with Crippen LogP contribution in [-0.4, -0.2) is 18.9 Å². The van der Waals surface area contributed by atoms with Gasteiger partial charge >= 0.3 is 0 Å². The number of hydrogen-bond acceptors (Lipinski definition) is 2. The number of hydrogen-bond donors (Lipinski definition) is 1. The summed E-state index contributed by atoms with van der Waals surface area (Å²) >= 11 is 0. The number of nitrogens with one attached hydrogen (secondary N) is 1. The lowest BCUT2D eigenvalue weighted by Gasteiger charge is -2.00. The summed E-state index contributed by atoms with van der Waals surface area (Å²) in [6.07, 6.45) is 16.8. The smallest absolute Gasteiger partial charge is 0.129 e. The summed E-state index contributed by atoms with van der Waals surface area (Å²) in [5.74, 6) is 0.334. The summed E-state index contributed by atoms with van der Waals surface area (Å²) in [6, 6.07) is 0. The van der Waals surface area contributed by atoms with E-state index in [-0.39, 0.29) is 1.43 Å². The lowest BCUT2D eigenvalue weighted by atomic mass is 10.1. The Balaban J connectivity index is -0.000000333. The lowest BCUT2D eigenvalue weighted by molar-refractivity contribution is -0.117. The number of Topliss-reactive ketones (excluding diaryl/α,β-unsaturated/α-hetero) is 1. The molecule has 22 heavy (non-hydrogen) atoms. The van der Waals surface area contributed by atoms with Crippen LogP contribution in [0.15, 0.2) is 0 Å². The predicted molar refractivity (Wildman–Crippen MR) is 103 cm³/mol. The number of unbranched alkanes of at least 4 members (excludes halogenated alkanes) is 10. The Morgan fingerprint density at radius 2 is 1.18 bits per heavy atom. The average molecular weight is 316 g/mol. The van der Waals surface area contributed by atoms with Crippen LogP contribution in [0.4, 0.5) is 0 Å². The van der Waals surface area contributed by atoms with Crippen LogP contribution in [0, 0.1) is 0 Å². The van der Waals surface area contributed by atoms with E-state index in [0.29, 0.717) is 5.78 Å². The van der Waals surface area contributed by atoms with Gasteiger partial charge in [-0.3, -0.25) is 0 Å². The Morgan fingerprint density at radius 1 is 0.727 bits per heavy atom. The number of carbonyl (C=O) groups excluding carboxylic acids is 1. The molecule has 0 saturated heterocycles. The maximum absolute atomic E-state index is 10.5. The van der Waals surface area contributed by atoms with Crippen LogP contribution < -0.4 is 5.32 Å². The maximum Gasteiger partial charge on any atom is 0.129 e. The van der Waals surface area contributed by atoms with Gasteiger partial charge in [0.2, 0.25) is 0 Å². The summed E-state index contributed by atoms with van der Waals surface area (Å²) in [4.78, 5) is 10.5. The largest absolute Gasteiger partial charge is 0.317 e. The second kappa shape index (κ2) is 22.9. The van der Waals surface area contributed by atoms with E-state index in [1.807, 2.05) is 0 Å². The summed E-state index contributed by atoms with van der Waals surface area (Å²) in [7, 11) is 0. The van der Waals surface area contributed by atoms with Crippen LogP contribution in [-0.2, 0) is 4.79 Å². The summed E-state index contributed by atoms with van der Waals surface area (Å²) in [5, 5.41) is 3.34. The molecular weight excluding hydrogens is 270 g/mol. The molecule has 0 unspecified atom stereocenters. The molecule has 0 rings (SSSR count). The van der Waals surface area contributed by atoms with E-state index < -0.39 is 0 Å². The van der Waals surface area contributed by atoms with E-state index in [1.54, 1.807) is 6.92 Å². The first kappa shape index (κ1) is 23.9. The molecule has 0 aromatic carbocycles. The predicted octanol–water partition coefficient (Wildman–Crippen LogP) is 6.53. The van der Waals surface area contributed by atoms with Gasteiger partial charge in [-0.2, -0.15) is 0 Å². The van der Waals surface area contributed by atoms with Gasteiger partial charge in [-0.25, -0.2) is 0 Å². The molecule has 0 aromatic rings.